The summed E-state index contributed by atoms with van der Waals surface area (Å²) >= 11 is 3.40. The molecule has 3 nitrogen and oxygen atoms in total. The summed E-state index contributed by atoms with van der Waals surface area (Å²) in [5, 5.41) is 0.107. The summed E-state index contributed by atoms with van der Waals surface area (Å²) in [6.45, 7) is 2.10. The lowest BCUT2D eigenvalue weighted by Gasteiger charge is -2.18. The molecular weight excluding hydrogens is 288 g/mol. The first-order chi connectivity index (χ1) is 9.78. The van der Waals surface area contributed by atoms with Crippen molar-refractivity contribution in [2.45, 2.75) is 29.0 Å². The van der Waals surface area contributed by atoms with E-state index in [1.165, 1.54) is 4.70 Å². The molecule has 0 fully saturated rings. The molecule has 0 amide bonds. The first-order valence-electron chi connectivity index (χ1n) is 6.59. The third-order valence-electron chi connectivity index (χ3n) is 3.19. The van der Waals surface area contributed by atoms with Crippen molar-refractivity contribution in [1.29, 1.82) is 0 Å². The Labute approximate surface area is 126 Å². The topological polar surface area (TPSA) is 52.0 Å². The van der Waals surface area contributed by atoms with Crippen molar-refractivity contribution in [1.82, 2.24) is 4.98 Å². The highest BCUT2D eigenvalue weighted by Crippen LogP contribution is 2.41. The summed E-state index contributed by atoms with van der Waals surface area (Å²) in [5.74, 6) is 0.920. The lowest BCUT2D eigenvalue weighted by Crippen LogP contribution is -2.25. The van der Waals surface area contributed by atoms with E-state index >= 15 is 0 Å². The fraction of sp³-hybridized carbons (Fsp3) is 0.267. The fourth-order valence-corrected chi connectivity index (χ4v) is 4.49. The number of nitrogens with two attached hydrogens (primary N) is 1. The third-order valence-corrected chi connectivity index (χ3v) is 5.68. The van der Waals surface area contributed by atoms with Gasteiger partial charge in [-0.1, -0.05) is 30.8 Å². The van der Waals surface area contributed by atoms with Gasteiger partial charge in [0.05, 0.1) is 21.7 Å². The predicted molar refractivity (Wildman–Crippen MR) is 85.2 cm³/mol. The summed E-state index contributed by atoms with van der Waals surface area (Å²) < 4.78 is 7.79. The van der Waals surface area contributed by atoms with Crippen LogP contribution in [0, 0.1) is 0 Å². The molecule has 0 aliphatic carbocycles. The van der Waals surface area contributed by atoms with Gasteiger partial charge in [-0.05, 0) is 30.7 Å². The Balaban J connectivity index is 1.89. The van der Waals surface area contributed by atoms with Crippen LogP contribution >= 0.6 is 23.1 Å². The van der Waals surface area contributed by atoms with Crippen molar-refractivity contribution in [2.75, 3.05) is 0 Å². The normalized spacial score (nSPS) is 14.5. The molecular formula is C15H16N2OS2. The summed E-state index contributed by atoms with van der Waals surface area (Å²) in [5.41, 5.74) is 7.29. The maximum atomic E-state index is 6.25. The van der Waals surface area contributed by atoms with Gasteiger partial charge in [-0.25, -0.2) is 4.98 Å². The van der Waals surface area contributed by atoms with Crippen LogP contribution in [0.1, 0.15) is 24.4 Å². The Kier molecular flexibility index (Phi) is 4.10. The molecule has 0 saturated carbocycles. The SMILES string of the molecule is CCC(N)C(Sc1nc2ccccc2s1)c1ccco1. The highest BCUT2D eigenvalue weighted by molar-refractivity contribution is 8.01. The molecule has 2 N–H and O–H groups in total. The van der Waals surface area contributed by atoms with Crippen molar-refractivity contribution in [3.8, 4) is 0 Å². The first-order valence-corrected chi connectivity index (χ1v) is 8.28. The van der Waals surface area contributed by atoms with Gasteiger partial charge >= 0.3 is 0 Å². The minimum absolute atomic E-state index is 0.0539. The Bertz CT molecular complexity index is 645. The molecule has 2 unspecified atom stereocenters. The zero-order chi connectivity index (χ0) is 13.9. The van der Waals surface area contributed by atoms with Crippen LogP contribution in [0.2, 0.25) is 0 Å². The lowest BCUT2D eigenvalue weighted by atomic mass is 10.1. The maximum Gasteiger partial charge on any atom is 0.151 e. The van der Waals surface area contributed by atoms with Gasteiger partial charge in [-0.15, -0.1) is 11.3 Å². The smallest absolute Gasteiger partial charge is 0.151 e. The van der Waals surface area contributed by atoms with Crippen LogP contribution in [-0.4, -0.2) is 11.0 Å². The number of thioether (sulfide) groups is 1. The van der Waals surface area contributed by atoms with Gasteiger partial charge in [-0.2, -0.15) is 0 Å². The lowest BCUT2D eigenvalue weighted by molar-refractivity contribution is 0.474. The number of fused-ring (bicyclic) bond motifs is 1. The second kappa shape index (κ2) is 5.99. The highest BCUT2D eigenvalue weighted by Gasteiger charge is 2.24. The molecule has 0 saturated heterocycles. The van der Waals surface area contributed by atoms with Crippen molar-refractivity contribution in [3.63, 3.8) is 0 Å². The van der Waals surface area contributed by atoms with E-state index in [0.29, 0.717) is 0 Å². The van der Waals surface area contributed by atoms with Crippen molar-refractivity contribution < 1.29 is 4.42 Å². The van der Waals surface area contributed by atoms with E-state index in [1.54, 1.807) is 29.4 Å². The van der Waals surface area contributed by atoms with Gasteiger partial charge < -0.3 is 10.2 Å². The van der Waals surface area contributed by atoms with E-state index < -0.39 is 0 Å². The van der Waals surface area contributed by atoms with E-state index in [4.69, 9.17) is 10.2 Å². The highest BCUT2D eigenvalue weighted by atomic mass is 32.2. The third kappa shape index (κ3) is 2.75. The van der Waals surface area contributed by atoms with Crippen molar-refractivity contribution in [2.24, 2.45) is 5.73 Å². The Morgan fingerprint density at radius 3 is 2.85 bits per heavy atom. The van der Waals surface area contributed by atoms with Gasteiger partial charge in [0, 0.05) is 6.04 Å². The Morgan fingerprint density at radius 1 is 1.30 bits per heavy atom. The number of furan rings is 1. The fourth-order valence-electron chi connectivity index (χ4n) is 2.03. The van der Waals surface area contributed by atoms with Crippen molar-refractivity contribution in [3.05, 3.63) is 48.4 Å². The molecule has 2 aromatic heterocycles. The van der Waals surface area contributed by atoms with E-state index in [2.05, 4.69) is 18.0 Å². The van der Waals surface area contributed by atoms with Crippen LogP contribution < -0.4 is 5.73 Å². The zero-order valence-electron chi connectivity index (χ0n) is 11.2. The molecule has 5 heteroatoms. The van der Waals surface area contributed by atoms with Crippen LogP contribution in [0.3, 0.4) is 0 Å². The molecule has 2 atom stereocenters. The molecule has 2 heterocycles. The van der Waals surface area contributed by atoms with Gasteiger partial charge in [-0.3, -0.25) is 0 Å². The average molecular weight is 304 g/mol. The second-order valence-corrected chi connectivity index (χ2v) is 6.99. The molecule has 104 valence electrons. The summed E-state index contributed by atoms with van der Waals surface area (Å²) in [4.78, 5) is 4.66. The monoisotopic (exact) mass is 304 g/mol. The largest absolute Gasteiger partial charge is 0.468 e. The van der Waals surface area contributed by atoms with Gasteiger partial charge in [0.25, 0.3) is 0 Å². The molecule has 0 aliphatic heterocycles. The van der Waals surface area contributed by atoms with Crippen LogP contribution in [0.25, 0.3) is 10.2 Å². The molecule has 3 rings (SSSR count). The van der Waals surface area contributed by atoms with E-state index in [-0.39, 0.29) is 11.3 Å². The number of benzene rings is 1. The number of nitrogens with zero attached hydrogens (tertiary/aromatic N) is 1. The van der Waals surface area contributed by atoms with Crippen molar-refractivity contribution >= 4 is 33.3 Å². The molecule has 3 aromatic rings. The van der Waals surface area contributed by atoms with Gasteiger partial charge in [0.1, 0.15) is 5.76 Å². The first kappa shape index (κ1) is 13.7. The number of para-hydroxylation sites is 1. The minimum atomic E-state index is 0.0539. The van der Waals surface area contributed by atoms with Crippen LogP contribution in [0.4, 0.5) is 0 Å². The Morgan fingerprint density at radius 2 is 2.15 bits per heavy atom. The molecule has 1 aromatic carbocycles. The summed E-state index contributed by atoms with van der Waals surface area (Å²) in [6.07, 6.45) is 2.60. The van der Waals surface area contributed by atoms with E-state index in [9.17, 15) is 0 Å². The van der Waals surface area contributed by atoms with Crippen LogP contribution in [-0.2, 0) is 0 Å². The van der Waals surface area contributed by atoms with Crippen LogP contribution in [0.5, 0.6) is 0 Å². The maximum absolute atomic E-state index is 6.25. The number of aromatic nitrogens is 1. The van der Waals surface area contributed by atoms with E-state index in [0.717, 1.165) is 22.0 Å². The molecule has 0 bridgehead atoms. The molecule has 0 spiro atoms. The predicted octanol–water partition coefficient (Wildman–Crippen LogP) is 4.46. The molecule has 20 heavy (non-hydrogen) atoms. The number of hydrogen-bond donors (Lipinski definition) is 1. The van der Waals surface area contributed by atoms with Gasteiger partial charge in [0.2, 0.25) is 0 Å². The number of hydrogen-bond acceptors (Lipinski definition) is 5. The van der Waals surface area contributed by atoms with E-state index in [1.807, 2.05) is 30.3 Å². The second-order valence-electron chi connectivity index (χ2n) is 4.57. The summed E-state index contributed by atoms with van der Waals surface area (Å²) in [6, 6.07) is 12.1. The molecule has 0 radical (unpaired) electrons. The standard InChI is InChI=1S/C15H16N2OS2/c1-2-10(16)14(12-7-5-9-18-12)20-15-17-11-6-3-4-8-13(11)19-15/h3-10,14H,2,16H2,1H3. The van der Waals surface area contributed by atoms with Crippen LogP contribution in [0.15, 0.2) is 51.4 Å². The molecule has 0 aliphatic rings. The Hall–Kier alpha value is -1.30. The minimum Gasteiger partial charge on any atom is -0.468 e. The summed E-state index contributed by atoms with van der Waals surface area (Å²) in [7, 11) is 0. The number of rotatable bonds is 5. The van der Waals surface area contributed by atoms with Gasteiger partial charge in [0.15, 0.2) is 4.34 Å². The number of thiazole rings is 1. The zero-order valence-corrected chi connectivity index (χ0v) is 12.8. The quantitative estimate of drug-likeness (QED) is 0.707. The average Bonchev–Trinajstić information content (AvgIpc) is 3.12.